The molecule has 0 aliphatic rings. The van der Waals surface area contributed by atoms with E-state index in [-0.39, 0.29) is 16.2 Å². The van der Waals surface area contributed by atoms with Crippen molar-refractivity contribution in [2.24, 2.45) is 0 Å². The number of carbonyl (C=O) groups excluding carboxylic acids is 1. The summed E-state index contributed by atoms with van der Waals surface area (Å²) in [5.74, 6) is -38.4. The Morgan fingerprint density at radius 3 is 1.51 bits per heavy atom. The maximum Gasteiger partial charge on any atom is 0.460 e. The molecule has 3 nitrogen and oxygen atoms in total. The summed E-state index contributed by atoms with van der Waals surface area (Å²) < 4.78 is 183. The summed E-state index contributed by atoms with van der Waals surface area (Å²) in [7, 11) is 0. The molecule has 0 fully saturated rings. The van der Waals surface area contributed by atoms with Crippen LogP contribution < -0.4 is 9.47 Å². The highest BCUT2D eigenvalue weighted by atomic mass is 32.2. The number of ether oxygens (including phenoxy) is 2. The van der Waals surface area contributed by atoms with Crippen molar-refractivity contribution in [1.82, 2.24) is 0 Å². The van der Waals surface area contributed by atoms with Crippen LogP contribution in [0.5, 0.6) is 11.5 Å². The average Bonchev–Trinajstić information content (AvgIpc) is 3.05. The van der Waals surface area contributed by atoms with E-state index in [9.17, 15) is 61.9 Å². The summed E-state index contributed by atoms with van der Waals surface area (Å²) in [4.78, 5) is 12.5. The fraction of sp³-hybridized carbons (Fsp3) is 0.618. The molecule has 0 amide bonds. The van der Waals surface area contributed by atoms with Crippen molar-refractivity contribution >= 4 is 17.7 Å². The van der Waals surface area contributed by atoms with Gasteiger partial charge in [-0.05, 0) is 55.0 Å². The largest absolute Gasteiger partial charge is 0.494 e. The molecule has 0 atom stereocenters. The minimum atomic E-state index is -7.92. The lowest BCUT2D eigenvalue weighted by molar-refractivity contribution is -0.439. The number of benzene rings is 2. The molecule has 2 aromatic carbocycles. The van der Waals surface area contributed by atoms with Crippen LogP contribution in [0.2, 0.25) is 0 Å². The molecule has 0 spiro atoms. The van der Waals surface area contributed by atoms with Crippen molar-refractivity contribution in [2.75, 3.05) is 12.4 Å². The van der Waals surface area contributed by atoms with Crippen LogP contribution in [0.15, 0.2) is 53.4 Å². The second kappa shape index (κ2) is 18.8. The molecular formula is C34H39F13O3S. The van der Waals surface area contributed by atoms with E-state index in [1.54, 1.807) is 12.1 Å². The van der Waals surface area contributed by atoms with Crippen LogP contribution >= 0.6 is 11.8 Å². The molecule has 0 aromatic heterocycles. The Morgan fingerprint density at radius 1 is 0.569 bits per heavy atom. The lowest BCUT2D eigenvalue weighted by atomic mass is 9.93. The first-order valence-corrected chi connectivity index (χ1v) is 17.2. The number of hydrogen-bond donors (Lipinski definition) is 0. The first-order valence-electron chi connectivity index (χ1n) is 16.3. The van der Waals surface area contributed by atoms with Crippen molar-refractivity contribution in [3.05, 3.63) is 54.1 Å². The molecule has 2 rings (SSSR count). The van der Waals surface area contributed by atoms with Crippen LogP contribution in [0.3, 0.4) is 0 Å². The third-order valence-electron chi connectivity index (χ3n) is 7.82. The molecule has 0 unspecified atom stereocenters. The number of unbranched alkanes of at least 4 members (excludes halogenated alkanes) is 10. The molecule has 0 radical (unpaired) electrons. The summed E-state index contributed by atoms with van der Waals surface area (Å²) in [5.41, 5.74) is 0.147. The third kappa shape index (κ3) is 11.6. The Hall–Kier alpha value is -2.85. The first kappa shape index (κ1) is 44.3. The van der Waals surface area contributed by atoms with Gasteiger partial charge in [0.15, 0.2) is 0 Å². The SMILES string of the molecule is CCCCCCCCCCCCCOc1ccc(C(=O)Oc2ccc(SCCC(F)(F)C(F)(F)C(F)(F)C(F)(F)C(F)(F)C(F)(F)F)cc2)cc1. The van der Waals surface area contributed by atoms with Crippen LogP contribution in [-0.2, 0) is 0 Å². The second-order valence-electron chi connectivity index (χ2n) is 11.9. The van der Waals surface area contributed by atoms with Gasteiger partial charge in [0.1, 0.15) is 11.5 Å². The highest BCUT2D eigenvalue weighted by Gasteiger charge is 2.90. The Morgan fingerprint density at radius 2 is 1.02 bits per heavy atom. The molecule has 2 aromatic rings. The van der Waals surface area contributed by atoms with Crippen LogP contribution in [-0.4, -0.2) is 54.1 Å². The van der Waals surface area contributed by atoms with Gasteiger partial charge in [-0.3, -0.25) is 0 Å². The zero-order valence-corrected chi connectivity index (χ0v) is 28.4. The van der Waals surface area contributed by atoms with Crippen LogP contribution in [0, 0.1) is 0 Å². The van der Waals surface area contributed by atoms with Crippen molar-refractivity contribution in [3.8, 4) is 11.5 Å². The van der Waals surface area contributed by atoms with Gasteiger partial charge in [-0.1, -0.05) is 71.1 Å². The summed E-state index contributed by atoms with van der Waals surface area (Å²) in [5, 5.41) is 0. The molecule has 17 heteroatoms. The van der Waals surface area contributed by atoms with E-state index in [1.807, 2.05) is 0 Å². The summed E-state index contributed by atoms with van der Waals surface area (Å²) in [6, 6.07) is 10.7. The van der Waals surface area contributed by atoms with Crippen LogP contribution in [0.4, 0.5) is 57.1 Å². The van der Waals surface area contributed by atoms with Crippen molar-refractivity contribution in [2.45, 2.75) is 125 Å². The molecule has 0 N–H and O–H groups in total. The third-order valence-corrected chi connectivity index (χ3v) is 8.84. The summed E-state index contributed by atoms with van der Waals surface area (Å²) in [6.45, 7) is 2.70. The quantitative estimate of drug-likeness (QED) is 0.0370. The Labute approximate surface area is 291 Å². The van der Waals surface area contributed by atoms with Gasteiger partial charge in [0.2, 0.25) is 0 Å². The monoisotopic (exact) mass is 774 g/mol. The predicted molar refractivity (Wildman–Crippen MR) is 166 cm³/mol. The van der Waals surface area contributed by atoms with E-state index in [1.165, 1.54) is 63.5 Å². The van der Waals surface area contributed by atoms with Crippen LogP contribution in [0.1, 0.15) is 94.3 Å². The topological polar surface area (TPSA) is 35.5 Å². The fourth-order valence-electron chi connectivity index (χ4n) is 4.67. The first-order chi connectivity index (χ1) is 23.6. The van der Waals surface area contributed by atoms with Gasteiger partial charge in [0.05, 0.1) is 12.2 Å². The summed E-state index contributed by atoms with van der Waals surface area (Å²) >= 11 is 0.305. The highest BCUT2D eigenvalue weighted by molar-refractivity contribution is 7.99. The number of alkyl halides is 13. The zero-order chi connectivity index (χ0) is 38.6. The standard InChI is InChI=1S/C34H39F13O3S/c1-2-3-4-5-6-7-8-9-10-11-12-22-49-25-15-13-24(14-16-25)28(48)50-26-17-19-27(20-18-26)51-23-21-29(35,36)30(37,38)31(39,40)32(41,42)33(43,44)34(45,46)47/h13-20H,2-12,21-23H2,1H3. The van der Waals surface area contributed by atoms with Gasteiger partial charge in [0.25, 0.3) is 0 Å². The smallest absolute Gasteiger partial charge is 0.460 e. The molecule has 0 aliphatic heterocycles. The normalized spacial score (nSPS) is 13.4. The number of halogens is 13. The van der Waals surface area contributed by atoms with Gasteiger partial charge >= 0.3 is 41.8 Å². The molecule has 0 saturated carbocycles. The van der Waals surface area contributed by atoms with E-state index >= 15 is 0 Å². The van der Waals surface area contributed by atoms with E-state index in [0.717, 1.165) is 43.5 Å². The van der Waals surface area contributed by atoms with E-state index < -0.39 is 53.9 Å². The number of hydrogen-bond acceptors (Lipinski definition) is 4. The van der Waals surface area contributed by atoms with E-state index in [2.05, 4.69) is 6.92 Å². The molecule has 0 bridgehead atoms. The lowest BCUT2D eigenvalue weighted by Gasteiger charge is -2.39. The molecule has 0 saturated heterocycles. The summed E-state index contributed by atoms with van der Waals surface area (Å²) in [6.07, 6.45) is 3.38. The Bertz CT molecular complexity index is 1330. The lowest BCUT2D eigenvalue weighted by Crippen LogP contribution is -2.70. The van der Waals surface area contributed by atoms with E-state index in [4.69, 9.17) is 9.47 Å². The van der Waals surface area contributed by atoms with Crippen LogP contribution in [0.25, 0.3) is 0 Å². The molecule has 0 heterocycles. The fourth-order valence-corrected chi connectivity index (χ4v) is 5.59. The van der Waals surface area contributed by atoms with Gasteiger partial charge in [0, 0.05) is 17.1 Å². The van der Waals surface area contributed by atoms with Gasteiger partial charge in [-0.2, -0.15) is 57.1 Å². The zero-order valence-electron chi connectivity index (χ0n) is 27.6. The minimum absolute atomic E-state index is 0.00826. The second-order valence-corrected chi connectivity index (χ2v) is 13.0. The highest BCUT2D eigenvalue weighted by Crippen LogP contribution is 2.60. The Balaban J connectivity index is 1.80. The van der Waals surface area contributed by atoms with Gasteiger partial charge in [-0.15, -0.1) is 11.8 Å². The van der Waals surface area contributed by atoms with Gasteiger partial charge in [-0.25, -0.2) is 4.79 Å². The number of rotatable bonds is 23. The maximum atomic E-state index is 14.0. The minimum Gasteiger partial charge on any atom is -0.494 e. The Kier molecular flexibility index (Phi) is 16.3. The molecule has 290 valence electrons. The van der Waals surface area contributed by atoms with E-state index in [0.29, 0.717) is 24.1 Å². The van der Waals surface area contributed by atoms with Crippen molar-refractivity contribution < 1.29 is 71.3 Å². The molecule has 51 heavy (non-hydrogen) atoms. The number of thioether (sulfide) groups is 1. The maximum absolute atomic E-state index is 14.0. The number of carbonyl (C=O) groups is 1. The van der Waals surface area contributed by atoms with Crippen molar-refractivity contribution in [3.63, 3.8) is 0 Å². The number of esters is 1. The van der Waals surface area contributed by atoms with Crippen molar-refractivity contribution in [1.29, 1.82) is 0 Å². The molecule has 0 aliphatic carbocycles. The molecular weight excluding hydrogens is 735 g/mol. The average molecular weight is 775 g/mol. The van der Waals surface area contributed by atoms with Gasteiger partial charge < -0.3 is 9.47 Å². The predicted octanol–water partition coefficient (Wildman–Crippen LogP) is 12.8.